The van der Waals surface area contributed by atoms with Gasteiger partial charge in [-0.3, -0.25) is 0 Å². The molecule has 0 aliphatic rings. The molecule has 4 heteroatoms. The third-order valence-electron chi connectivity index (χ3n) is 2.84. The van der Waals surface area contributed by atoms with Gasteiger partial charge < -0.3 is 14.9 Å². The molecule has 0 saturated carbocycles. The van der Waals surface area contributed by atoms with Gasteiger partial charge >= 0.3 is 5.97 Å². The molecule has 2 unspecified atom stereocenters. The lowest BCUT2D eigenvalue weighted by molar-refractivity contribution is -0.156. The van der Waals surface area contributed by atoms with Gasteiger partial charge in [-0.1, -0.05) is 45.0 Å². The minimum Gasteiger partial charge on any atom is -0.467 e. The quantitative estimate of drug-likeness (QED) is 0.801. The highest BCUT2D eigenvalue weighted by molar-refractivity contribution is 5.75. The zero-order chi connectivity index (χ0) is 13.9. The van der Waals surface area contributed by atoms with Crippen LogP contribution in [0.5, 0.6) is 0 Å². The van der Waals surface area contributed by atoms with Crippen LogP contribution in [0.15, 0.2) is 24.3 Å². The van der Waals surface area contributed by atoms with Crippen molar-refractivity contribution in [2.45, 2.75) is 38.4 Å². The van der Waals surface area contributed by atoms with E-state index in [4.69, 9.17) is 0 Å². The first-order valence-corrected chi connectivity index (χ1v) is 5.81. The van der Waals surface area contributed by atoms with Crippen LogP contribution >= 0.6 is 0 Å². The van der Waals surface area contributed by atoms with Gasteiger partial charge in [0.15, 0.2) is 6.10 Å². The molecule has 0 spiro atoms. The minimum absolute atomic E-state index is 0.0635. The first-order chi connectivity index (χ1) is 8.27. The summed E-state index contributed by atoms with van der Waals surface area (Å²) in [7, 11) is 1.17. The predicted molar refractivity (Wildman–Crippen MR) is 68.1 cm³/mol. The Morgan fingerprint density at radius 1 is 1.28 bits per heavy atom. The van der Waals surface area contributed by atoms with E-state index in [9.17, 15) is 15.0 Å². The number of hydrogen-bond acceptors (Lipinski definition) is 4. The van der Waals surface area contributed by atoms with E-state index in [1.54, 1.807) is 18.2 Å². The van der Waals surface area contributed by atoms with Gasteiger partial charge in [0.1, 0.15) is 6.10 Å². The summed E-state index contributed by atoms with van der Waals surface area (Å²) in [4.78, 5) is 11.2. The molecule has 0 aliphatic carbocycles. The summed E-state index contributed by atoms with van der Waals surface area (Å²) in [6, 6.07) is 7.20. The fourth-order valence-corrected chi connectivity index (χ4v) is 1.62. The highest BCUT2D eigenvalue weighted by atomic mass is 16.5. The van der Waals surface area contributed by atoms with Crippen LogP contribution < -0.4 is 0 Å². The summed E-state index contributed by atoms with van der Waals surface area (Å²) in [5, 5.41) is 19.5. The molecular weight excluding hydrogens is 232 g/mol. The van der Waals surface area contributed by atoms with Crippen molar-refractivity contribution in [3.05, 3.63) is 35.4 Å². The van der Waals surface area contributed by atoms with E-state index in [-0.39, 0.29) is 5.41 Å². The van der Waals surface area contributed by atoms with Gasteiger partial charge in [0.05, 0.1) is 7.11 Å². The molecule has 0 heterocycles. The lowest BCUT2D eigenvalue weighted by Crippen LogP contribution is -2.29. The topological polar surface area (TPSA) is 66.8 Å². The van der Waals surface area contributed by atoms with Crippen molar-refractivity contribution in [3.8, 4) is 0 Å². The largest absolute Gasteiger partial charge is 0.467 e. The number of aliphatic hydroxyl groups is 2. The smallest absolute Gasteiger partial charge is 0.337 e. The predicted octanol–water partition coefficient (Wildman–Crippen LogP) is 1.55. The molecule has 0 saturated heterocycles. The van der Waals surface area contributed by atoms with Crippen LogP contribution in [0.4, 0.5) is 0 Å². The fourth-order valence-electron chi connectivity index (χ4n) is 1.62. The Morgan fingerprint density at radius 3 is 2.39 bits per heavy atom. The lowest BCUT2D eigenvalue weighted by Gasteiger charge is -2.22. The summed E-state index contributed by atoms with van der Waals surface area (Å²) in [5.74, 6) is -0.844. The average Bonchev–Trinajstić information content (AvgIpc) is 2.35. The van der Waals surface area contributed by atoms with Gasteiger partial charge in [-0.2, -0.15) is 0 Å². The van der Waals surface area contributed by atoms with Crippen LogP contribution in [-0.4, -0.2) is 29.4 Å². The van der Waals surface area contributed by atoms with Crippen molar-refractivity contribution in [2.24, 2.45) is 0 Å². The van der Waals surface area contributed by atoms with Crippen LogP contribution in [0.3, 0.4) is 0 Å². The molecule has 100 valence electrons. The number of ether oxygens (including phenoxy) is 1. The van der Waals surface area contributed by atoms with E-state index in [1.807, 2.05) is 6.07 Å². The number of benzene rings is 1. The number of carbonyl (C=O) groups excluding carboxylic acids is 1. The van der Waals surface area contributed by atoms with E-state index >= 15 is 0 Å². The van der Waals surface area contributed by atoms with Gasteiger partial charge in [0.25, 0.3) is 0 Å². The molecule has 1 rings (SSSR count). The number of rotatable bonds is 3. The van der Waals surface area contributed by atoms with Gasteiger partial charge in [-0.05, 0) is 16.5 Å². The third-order valence-corrected chi connectivity index (χ3v) is 2.84. The summed E-state index contributed by atoms with van der Waals surface area (Å²) in [6.45, 7) is 6.15. The molecule has 0 amide bonds. The van der Waals surface area contributed by atoms with E-state index in [0.717, 1.165) is 5.56 Å². The Hall–Kier alpha value is -1.39. The van der Waals surface area contributed by atoms with Gasteiger partial charge in [0.2, 0.25) is 0 Å². The van der Waals surface area contributed by atoms with Gasteiger partial charge in [0, 0.05) is 0 Å². The lowest BCUT2D eigenvalue weighted by atomic mass is 9.85. The maximum Gasteiger partial charge on any atom is 0.337 e. The minimum atomic E-state index is -1.56. The van der Waals surface area contributed by atoms with Crippen molar-refractivity contribution < 1.29 is 19.7 Å². The molecule has 4 nitrogen and oxygen atoms in total. The molecular formula is C14H20O4. The van der Waals surface area contributed by atoms with Crippen LogP contribution in [0.25, 0.3) is 0 Å². The van der Waals surface area contributed by atoms with Crippen molar-refractivity contribution in [1.29, 1.82) is 0 Å². The van der Waals surface area contributed by atoms with E-state index < -0.39 is 18.2 Å². The SMILES string of the molecule is COC(=O)C(O)C(O)c1cccc(C(C)(C)C)c1. The van der Waals surface area contributed by atoms with Crippen LogP contribution in [-0.2, 0) is 14.9 Å². The Kier molecular flexibility index (Phi) is 4.48. The van der Waals surface area contributed by atoms with Crippen LogP contribution in [0, 0.1) is 0 Å². The molecule has 1 aromatic rings. The maximum atomic E-state index is 11.2. The first kappa shape index (κ1) is 14.7. The second-order valence-corrected chi connectivity index (χ2v) is 5.29. The van der Waals surface area contributed by atoms with E-state index in [1.165, 1.54) is 7.11 Å². The number of esters is 1. The van der Waals surface area contributed by atoms with E-state index in [2.05, 4.69) is 25.5 Å². The van der Waals surface area contributed by atoms with Gasteiger partial charge in [-0.25, -0.2) is 4.79 Å². The summed E-state index contributed by atoms with van der Waals surface area (Å²) in [6.07, 6.45) is -2.84. The van der Waals surface area contributed by atoms with Crippen LogP contribution in [0.1, 0.15) is 38.0 Å². The molecule has 0 aliphatic heterocycles. The Bertz CT molecular complexity index is 420. The monoisotopic (exact) mass is 252 g/mol. The van der Waals surface area contributed by atoms with Gasteiger partial charge in [-0.15, -0.1) is 0 Å². The van der Waals surface area contributed by atoms with Crippen LogP contribution in [0.2, 0.25) is 0 Å². The zero-order valence-electron chi connectivity index (χ0n) is 11.2. The van der Waals surface area contributed by atoms with Crippen molar-refractivity contribution in [1.82, 2.24) is 0 Å². The van der Waals surface area contributed by atoms with Crippen molar-refractivity contribution in [2.75, 3.05) is 7.11 Å². The molecule has 18 heavy (non-hydrogen) atoms. The third kappa shape index (κ3) is 3.31. The molecule has 2 atom stereocenters. The Morgan fingerprint density at radius 2 is 1.89 bits per heavy atom. The fraction of sp³-hybridized carbons (Fsp3) is 0.500. The highest BCUT2D eigenvalue weighted by Gasteiger charge is 2.27. The molecule has 0 bridgehead atoms. The number of aliphatic hydroxyl groups excluding tert-OH is 2. The maximum absolute atomic E-state index is 11.2. The van der Waals surface area contributed by atoms with E-state index in [0.29, 0.717) is 5.56 Å². The Labute approximate surface area is 107 Å². The highest BCUT2D eigenvalue weighted by Crippen LogP contribution is 2.26. The molecule has 0 fully saturated rings. The number of hydrogen-bond donors (Lipinski definition) is 2. The Balaban J connectivity index is 3.00. The molecule has 0 radical (unpaired) electrons. The second kappa shape index (κ2) is 5.50. The van der Waals surface area contributed by atoms with Crippen molar-refractivity contribution >= 4 is 5.97 Å². The molecule has 1 aromatic carbocycles. The summed E-state index contributed by atoms with van der Waals surface area (Å²) < 4.78 is 4.40. The number of carbonyl (C=O) groups is 1. The second-order valence-electron chi connectivity index (χ2n) is 5.29. The molecule has 0 aromatic heterocycles. The summed E-state index contributed by atoms with van der Waals surface area (Å²) >= 11 is 0. The number of methoxy groups -OCH3 is 1. The normalized spacial score (nSPS) is 15.0. The molecule has 2 N–H and O–H groups in total. The summed E-state index contributed by atoms with van der Waals surface area (Å²) in [5.41, 5.74) is 1.46. The zero-order valence-corrected chi connectivity index (χ0v) is 11.2. The first-order valence-electron chi connectivity index (χ1n) is 5.81. The average molecular weight is 252 g/mol. The van der Waals surface area contributed by atoms with Crippen molar-refractivity contribution in [3.63, 3.8) is 0 Å². The standard InChI is InChI=1S/C14H20O4/c1-14(2,3)10-7-5-6-9(8-10)11(15)12(16)13(17)18-4/h5-8,11-12,15-16H,1-4H3.